The standard InChI is InChI=1S/C16H26O4S/c1-2-3-4-5-6-7-8-14-9-11-15(12-10-14)16(17)13-21(18,19)20/h9-12,16-17H,2-8,13H2,1H3,(H,18,19,20). The number of hydrogen-bond donors (Lipinski definition) is 2. The van der Waals surface area contributed by atoms with Crippen LogP contribution in [0.15, 0.2) is 24.3 Å². The van der Waals surface area contributed by atoms with Gasteiger partial charge >= 0.3 is 0 Å². The Labute approximate surface area is 128 Å². The maximum absolute atomic E-state index is 10.7. The van der Waals surface area contributed by atoms with Gasteiger partial charge in [0.1, 0.15) is 5.75 Å². The second-order valence-corrected chi connectivity index (χ2v) is 7.02. The highest BCUT2D eigenvalue weighted by molar-refractivity contribution is 7.85. The predicted octanol–water partition coefficient (Wildman–Crippen LogP) is 3.51. The molecule has 0 saturated heterocycles. The summed E-state index contributed by atoms with van der Waals surface area (Å²) in [6.45, 7) is 2.21. The van der Waals surface area contributed by atoms with Gasteiger partial charge in [-0.3, -0.25) is 4.55 Å². The van der Waals surface area contributed by atoms with E-state index in [9.17, 15) is 13.5 Å². The first-order valence-electron chi connectivity index (χ1n) is 7.64. The van der Waals surface area contributed by atoms with Crippen LogP contribution in [0.5, 0.6) is 0 Å². The van der Waals surface area contributed by atoms with E-state index in [-0.39, 0.29) is 0 Å². The summed E-state index contributed by atoms with van der Waals surface area (Å²) in [6, 6.07) is 7.27. The summed E-state index contributed by atoms with van der Waals surface area (Å²) < 4.78 is 30.2. The molecule has 1 rings (SSSR count). The van der Waals surface area contributed by atoms with Crippen LogP contribution in [0, 0.1) is 0 Å². The fraction of sp³-hybridized carbons (Fsp3) is 0.625. The van der Waals surface area contributed by atoms with Crippen LogP contribution >= 0.6 is 0 Å². The Morgan fingerprint density at radius 1 is 1.00 bits per heavy atom. The van der Waals surface area contributed by atoms with Gasteiger partial charge in [0.2, 0.25) is 0 Å². The average Bonchev–Trinajstić information content (AvgIpc) is 2.41. The van der Waals surface area contributed by atoms with Gasteiger partial charge in [-0.05, 0) is 24.0 Å². The molecule has 0 bridgehead atoms. The lowest BCUT2D eigenvalue weighted by Crippen LogP contribution is -2.13. The molecule has 5 heteroatoms. The molecule has 0 aliphatic heterocycles. The highest BCUT2D eigenvalue weighted by atomic mass is 32.2. The fourth-order valence-electron chi connectivity index (χ4n) is 2.31. The normalized spacial score (nSPS) is 13.3. The van der Waals surface area contributed by atoms with Gasteiger partial charge in [-0.15, -0.1) is 0 Å². The molecule has 21 heavy (non-hydrogen) atoms. The van der Waals surface area contributed by atoms with E-state index in [1.807, 2.05) is 12.1 Å². The quantitative estimate of drug-likeness (QED) is 0.512. The van der Waals surface area contributed by atoms with Crippen LogP contribution in [-0.4, -0.2) is 23.8 Å². The summed E-state index contributed by atoms with van der Waals surface area (Å²) >= 11 is 0. The molecule has 0 aliphatic rings. The summed E-state index contributed by atoms with van der Waals surface area (Å²) in [4.78, 5) is 0. The van der Waals surface area contributed by atoms with Crippen molar-refractivity contribution >= 4 is 10.1 Å². The van der Waals surface area contributed by atoms with Gasteiger partial charge in [-0.25, -0.2) is 0 Å². The summed E-state index contributed by atoms with van der Waals surface area (Å²) in [5.41, 5.74) is 1.70. The Morgan fingerprint density at radius 2 is 1.57 bits per heavy atom. The van der Waals surface area contributed by atoms with Crippen LogP contribution in [0.3, 0.4) is 0 Å². The number of benzene rings is 1. The van der Waals surface area contributed by atoms with Gasteiger partial charge in [0, 0.05) is 0 Å². The number of rotatable bonds is 10. The monoisotopic (exact) mass is 314 g/mol. The summed E-state index contributed by atoms with van der Waals surface area (Å²) in [5.74, 6) is -0.663. The van der Waals surface area contributed by atoms with Crippen LogP contribution in [-0.2, 0) is 16.5 Å². The minimum Gasteiger partial charge on any atom is -0.387 e. The number of unbranched alkanes of at least 4 members (excludes halogenated alkanes) is 5. The minimum absolute atomic E-state index is 0.513. The SMILES string of the molecule is CCCCCCCCc1ccc(C(O)CS(=O)(=O)O)cc1. The molecule has 0 heterocycles. The van der Waals surface area contributed by atoms with Crippen LogP contribution < -0.4 is 0 Å². The first-order chi connectivity index (χ1) is 9.92. The van der Waals surface area contributed by atoms with Crippen LogP contribution in [0.4, 0.5) is 0 Å². The molecule has 120 valence electrons. The van der Waals surface area contributed by atoms with Crippen molar-refractivity contribution in [3.8, 4) is 0 Å². The minimum atomic E-state index is -4.16. The molecule has 0 fully saturated rings. The molecule has 1 atom stereocenters. The number of hydrogen-bond acceptors (Lipinski definition) is 3. The Hall–Kier alpha value is -0.910. The van der Waals surface area contributed by atoms with Gasteiger partial charge in [0.05, 0.1) is 6.10 Å². The third kappa shape index (κ3) is 8.19. The molecule has 0 radical (unpaired) electrons. The van der Waals surface area contributed by atoms with Crippen molar-refractivity contribution in [2.75, 3.05) is 5.75 Å². The zero-order valence-electron chi connectivity index (χ0n) is 12.7. The van der Waals surface area contributed by atoms with E-state index in [4.69, 9.17) is 4.55 Å². The summed E-state index contributed by atoms with van der Waals surface area (Å²) in [5, 5.41) is 9.70. The average molecular weight is 314 g/mol. The zero-order valence-corrected chi connectivity index (χ0v) is 13.5. The molecule has 0 spiro atoms. The maximum Gasteiger partial charge on any atom is 0.267 e. The van der Waals surface area contributed by atoms with Gasteiger partial charge in [0.15, 0.2) is 0 Å². The van der Waals surface area contributed by atoms with Crippen molar-refractivity contribution in [1.82, 2.24) is 0 Å². The Kier molecular flexibility index (Phi) is 7.93. The van der Waals surface area contributed by atoms with Crippen LogP contribution in [0.1, 0.15) is 62.7 Å². The van der Waals surface area contributed by atoms with E-state index >= 15 is 0 Å². The van der Waals surface area contributed by atoms with Crippen molar-refractivity contribution < 1.29 is 18.1 Å². The van der Waals surface area contributed by atoms with Crippen molar-refractivity contribution in [3.05, 3.63) is 35.4 Å². The molecule has 1 aromatic rings. The molecular weight excluding hydrogens is 288 g/mol. The van der Waals surface area contributed by atoms with Crippen LogP contribution in [0.2, 0.25) is 0 Å². The van der Waals surface area contributed by atoms with E-state index < -0.39 is 22.0 Å². The number of aliphatic hydroxyl groups excluding tert-OH is 1. The Bertz CT molecular complexity index is 494. The Balaban J connectivity index is 2.36. The van der Waals surface area contributed by atoms with E-state index in [0.29, 0.717) is 5.56 Å². The highest BCUT2D eigenvalue weighted by Gasteiger charge is 2.15. The molecule has 1 unspecified atom stereocenters. The van der Waals surface area contributed by atoms with E-state index in [0.717, 1.165) is 12.8 Å². The summed E-state index contributed by atoms with van der Waals surface area (Å²) in [6.07, 6.45) is 7.34. The van der Waals surface area contributed by atoms with E-state index in [1.165, 1.54) is 37.7 Å². The molecular formula is C16H26O4S. The second-order valence-electron chi connectivity index (χ2n) is 5.52. The van der Waals surface area contributed by atoms with Crippen molar-refractivity contribution in [2.24, 2.45) is 0 Å². The molecule has 0 amide bonds. The van der Waals surface area contributed by atoms with Crippen molar-refractivity contribution in [1.29, 1.82) is 0 Å². The summed E-state index contributed by atoms with van der Waals surface area (Å²) in [7, 11) is -4.16. The zero-order chi connectivity index (χ0) is 15.7. The first-order valence-corrected chi connectivity index (χ1v) is 9.25. The number of aliphatic hydroxyl groups is 1. The lowest BCUT2D eigenvalue weighted by atomic mass is 10.0. The fourth-order valence-corrected chi connectivity index (χ4v) is 2.90. The molecule has 0 aromatic heterocycles. The maximum atomic E-state index is 10.7. The topological polar surface area (TPSA) is 74.6 Å². The lowest BCUT2D eigenvalue weighted by molar-refractivity contribution is 0.199. The Morgan fingerprint density at radius 3 is 2.14 bits per heavy atom. The third-order valence-corrected chi connectivity index (χ3v) is 4.29. The second kappa shape index (κ2) is 9.18. The molecule has 1 aromatic carbocycles. The van der Waals surface area contributed by atoms with Gasteiger partial charge < -0.3 is 5.11 Å². The third-order valence-electron chi connectivity index (χ3n) is 3.55. The lowest BCUT2D eigenvalue weighted by Gasteiger charge is -2.10. The number of aryl methyl sites for hydroxylation is 1. The van der Waals surface area contributed by atoms with Crippen molar-refractivity contribution in [2.45, 2.75) is 58.0 Å². The molecule has 0 aliphatic carbocycles. The van der Waals surface area contributed by atoms with E-state index in [1.54, 1.807) is 12.1 Å². The van der Waals surface area contributed by atoms with Gasteiger partial charge in [0.25, 0.3) is 10.1 Å². The van der Waals surface area contributed by atoms with Gasteiger partial charge in [-0.2, -0.15) is 8.42 Å². The molecule has 0 saturated carbocycles. The smallest absolute Gasteiger partial charge is 0.267 e. The molecule has 4 nitrogen and oxygen atoms in total. The highest BCUT2D eigenvalue weighted by Crippen LogP contribution is 2.17. The van der Waals surface area contributed by atoms with Crippen LogP contribution in [0.25, 0.3) is 0 Å². The predicted molar refractivity (Wildman–Crippen MR) is 84.9 cm³/mol. The van der Waals surface area contributed by atoms with Crippen molar-refractivity contribution in [3.63, 3.8) is 0 Å². The van der Waals surface area contributed by atoms with E-state index in [2.05, 4.69) is 6.92 Å². The molecule has 2 N–H and O–H groups in total. The first kappa shape index (κ1) is 18.1. The largest absolute Gasteiger partial charge is 0.387 e. The van der Waals surface area contributed by atoms with Gasteiger partial charge in [-0.1, -0.05) is 63.3 Å².